The lowest BCUT2D eigenvalue weighted by atomic mass is 10.0. The monoisotopic (exact) mass is 280 g/mol. The molecule has 0 spiro atoms. The fourth-order valence-corrected chi connectivity index (χ4v) is 1.80. The van der Waals surface area contributed by atoms with Crippen LogP contribution < -0.4 is 5.32 Å². The van der Waals surface area contributed by atoms with Crippen molar-refractivity contribution in [3.8, 4) is 11.8 Å². The Morgan fingerprint density at radius 3 is 2.95 bits per heavy atom. The minimum absolute atomic E-state index is 0.0349. The number of nitrogens with zero attached hydrogens (tertiary/aromatic N) is 1. The molecule has 2 rings (SSSR count). The number of hydrogen-bond acceptors (Lipinski definition) is 3. The Bertz CT molecular complexity index is 685. The Balaban J connectivity index is 2.20. The van der Waals surface area contributed by atoms with Crippen molar-refractivity contribution in [2.24, 2.45) is 0 Å². The summed E-state index contributed by atoms with van der Waals surface area (Å²) < 4.78 is 0. The van der Waals surface area contributed by atoms with Gasteiger partial charge in [0.25, 0.3) is 5.91 Å². The maximum atomic E-state index is 12.3. The molecule has 0 saturated carbocycles. The summed E-state index contributed by atoms with van der Waals surface area (Å²) in [6.07, 6.45) is 3.67. The molecule has 0 aliphatic heterocycles. The first-order chi connectivity index (χ1) is 10.2. The summed E-state index contributed by atoms with van der Waals surface area (Å²) >= 11 is 0. The highest BCUT2D eigenvalue weighted by Gasteiger charge is 2.09. The third kappa shape index (κ3) is 4.16. The van der Waals surface area contributed by atoms with E-state index in [9.17, 15) is 4.79 Å². The number of carbonyl (C=O) groups excluding carboxylic acids is 1. The van der Waals surface area contributed by atoms with E-state index in [1.165, 1.54) is 0 Å². The second-order valence-corrected chi connectivity index (χ2v) is 4.50. The number of aliphatic hydroxyl groups is 1. The second kappa shape index (κ2) is 7.22. The molecule has 0 aliphatic carbocycles. The van der Waals surface area contributed by atoms with E-state index in [1.807, 2.05) is 19.1 Å². The van der Waals surface area contributed by atoms with Crippen molar-refractivity contribution in [3.05, 3.63) is 59.4 Å². The number of benzene rings is 1. The quantitative estimate of drug-likeness (QED) is 0.849. The van der Waals surface area contributed by atoms with Crippen molar-refractivity contribution in [3.63, 3.8) is 0 Å². The first-order valence-electron chi connectivity index (χ1n) is 6.62. The zero-order valence-corrected chi connectivity index (χ0v) is 11.8. The Morgan fingerprint density at radius 1 is 1.38 bits per heavy atom. The second-order valence-electron chi connectivity index (χ2n) is 4.50. The van der Waals surface area contributed by atoms with Gasteiger partial charge in [-0.3, -0.25) is 9.78 Å². The first-order valence-corrected chi connectivity index (χ1v) is 6.62. The van der Waals surface area contributed by atoms with E-state index in [-0.39, 0.29) is 12.5 Å². The molecule has 1 amide bonds. The summed E-state index contributed by atoms with van der Waals surface area (Å²) in [5.74, 6) is 5.59. The average Bonchev–Trinajstić information content (AvgIpc) is 2.50. The highest BCUT2D eigenvalue weighted by molar-refractivity contribution is 6.05. The summed E-state index contributed by atoms with van der Waals surface area (Å²) in [7, 11) is 0. The Hall–Kier alpha value is -2.64. The van der Waals surface area contributed by atoms with Crippen molar-refractivity contribution < 1.29 is 9.90 Å². The predicted octanol–water partition coefficient (Wildman–Crippen LogP) is 2.38. The number of carbonyl (C=O) groups is 1. The van der Waals surface area contributed by atoms with E-state index < -0.39 is 0 Å². The van der Waals surface area contributed by atoms with E-state index >= 15 is 0 Å². The number of aromatic nitrogens is 1. The fourth-order valence-electron chi connectivity index (χ4n) is 1.80. The maximum absolute atomic E-state index is 12.3. The highest BCUT2D eigenvalue weighted by Crippen LogP contribution is 2.13. The molecule has 0 unspecified atom stereocenters. The van der Waals surface area contributed by atoms with Gasteiger partial charge in [0.2, 0.25) is 0 Å². The molecule has 106 valence electrons. The average molecular weight is 280 g/mol. The van der Waals surface area contributed by atoms with Gasteiger partial charge in [-0.25, -0.2) is 0 Å². The number of nitrogens with one attached hydrogen (secondary N) is 1. The van der Waals surface area contributed by atoms with Gasteiger partial charge in [0, 0.05) is 23.7 Å². The van der Waals surface area contributed by atoms with Crippen LogP contribution in [0.5, 0.6) is 0 Å². The molecule has 0 aliphatic rings. The standard InChI is InChI=1S/C17H16N2O2/c1-13-7-8-14(5-2-3-10-20)11-16(13)17(21)19-15-6-4-9-18-12-15/h4,6-9,11-12,20H,3,10H2,1H3,(H,19,21). The van der Waals surface area contributed by atoms with Gasteiger partial charge >= 0.3 is 0 Å². The van der Waals surface area contributed by atoms with Crippen molar-refractivity contribution in [2.45, 2.75) is 13.3 Å². The molecule has 0 atom stereocenters. The van der Waals surface area contributed by atoms with Gasteiger partial charge in [-0.05, 0) is 36.8 Å². The normalized spacial score (nSPS) is 9.62. The molecule has 4 heteroatoms. The van der Waals surface area contributed by atoms with Gasteiger partial charge in [0.15, 0.2) is 0 Å². The van der Waals surface area contributed by atoms with E-state index in [0.29, 0.717) is 17.7 Å². The summed E-state index contributed by atoms with van der Waals surface area (Å²) in [6.45, 7) is 1.91. The summed E-state index contributed by atoms with van der Waals surface area (Å²) in [5.41, 5.74) is 2.86. The van der Waals surface area contributed by atoms with Crippen LogP contribution in [-0.2, 0) is 0 Å². The largest absolute Gasteiger partial charge is 0.395 e. The van der Waals surface area contributed by atoms with Gasteiger partial charge in [-0.15, -0.1) is 0 Å². The van der Waals surface area contributed by atoms with Gasteiger partial charge < -0.3 is 10.4 Å². The SMILES string of the molecule is Cc1ccc(C#CCCO)cc1C(=O)Nc1cccnc1. The molecular weight excluding hydrogens is 264 g/mol. The summed E-state index contributed by atoms with van der Waals surface area (Å²) in [6, 6.07) is 9.03. The third-order valence-electron chi connectivity index (χ3n) is 2.87. The maximum Gasteiger partial charge on any atom is 0.256 e. The van der Waals surface area contributed by atoms with E-state index in [2.05, 4.69) is 22.1 Å². The van der Waals surface area contributed by atoms with Crippen molar-refractivity contribution >= 4 is 11.6 Å². The molecule has 1 heterocycles. The first kappa shape index (κ1) is 14.8. The number of hydrogen-bond donors (Lipinski definition) is 2. The van der Waals surface area contributed by atoms with Crippen molar-refractivity contribution in [2.75, 3.05) is 11.9 Å². The molecule has 0 bridgehead atoms. The minimum Gasteiger partial charge on any atom is -0.395 e. The van der Waals surface area contributed by atoms with Crippen LogP contribution in [0.2, 0.25) is 0 Å². The van der Waals surface area contributed by atoms with Crippen LogP contribution >= 0.6 is 0 Å². The topological polar surface area (TPSA) is 62.2 Å². The molecule has 0 saturated heterocycles. The zero-order chi connectivity index (χ0) is 15.1. The minimum atomic E-state index is -0.189. The fraction of sp³-hybridized carbons (Fsp3) is 0.176. The molecule has 4 nitrogen and oxygen atoms in total. The number of anilines is 1. The molecule has 2 N–H and O–H groups in total. The lowest BCUT2D eigenvalue weighted by Crippen LogP contribution is -2.13. The smallest absolute Gasteiger partial charge is 0.256 e. The number of aryl methyl sites for hydroxylation is 1. The highest BCUT2D eigenvalue weighted by atomic mass is 16.2. The van der Waals surface area contributed by atoms with Crippen LogP contribution in [0.15, 0.2) is 42.7 Å². The van der Waals surface area contributed by atoms with Crippen LogP contribution in [0.1, 0.15) is 27.9 Å². The summed E-state index contributed by atoms with van der Waals surface area (Å²) in [5, 5.41) is 11.5. The van der Waals surface area contributed by atoms with Crippen molar-refractivity contribution in [1.29, 1.82) is 0 Å². The van der Waals surface area contributed by atoms with Crippen LogP contribution in [0.4, 0.5) is 5.69 Å². The molecule has 2 aromatic rings. The Morgan fingerprint density at radius 2 is 2.24 bits per heavy atom. The van der Waals surface area contributed by atoms with Gasteiger partial charge in [-0.1, -0.05) is 17.9 Å². The molecular formula is C17H16N2O2. The van der Waals surface area contributed by atoms with E-state index in [1.54, 1.807) is 30.6 Å². The van der Waals surface area contributed by atoms with E-state index in [0.717, 1.165) is 11.1 Å². The van der Waals surface area contributed by atoms with Crippen LogP contribution in [0.3, 0.4) is 0 Å². The predicted molar refractivity (Wildman–Crippen MR) is 82.0 cm³/mol. The number of amides is 1. The summed E-state index contributed by atoms with van der Waals surface area (Å²) in [4.78, 5) is 16.3. The molecule has 0 fully saturated rings. The molecule has 1 aromatic carbocycles. The molecule has 0 radical (unpaired) electrons. The van der Waals surface area contributed by atoms with Crippen LogP contribution in [0, 0.1) is 18.8 Å². The van der Waals surface area contributed by atoms with Crippen LogP contribution in [-0.4, -0.2) is 22.6 Å². The lowest BCUT2D eigenvalue weighted by molar-refractivity contribution is 0.102. The number of pyridine rings is 1. The lowest BCUT2D eigenvalue weighted by Gasteiger charge is -2.07. The Labute approximate surface area is 123 Å². The zero-order valence-electron chi connectivity index (χ0n) is 11.8. The van der Waals surface area contributed by atoms with Crippen molar-refractivity contribution in [1.82, 2.24) is 4.98 Å². The van der Waals surface area contributed by atoms with Gasteiger partial charge in [0.05, 0.1) is 18.5 Å². The van der Waals surface area contributed by atoms with Gasteiger partial charge in [-0.2, -0.15) is 0 Å². The molecule has 21 heavy (non-hydrogen) atoms. The van der Waals surface area contributed by atoms with Crippen LogP contribution in [0.25, 0.3) is 0 Å². The van der Waals surface area contributed by atoms with E-state index in [4.69, 9.17) is 5.11 Å². The number of rotatable bonds is 3. The Kier molecular flexibility index (Phi) is 5.08. The molecule has 1 aromatic heterocycles. The number of aliphatic hydroxyl groups excluding tert-OH is 1. The van der Waals surface area contributed by atoms with Gasteiger partial charge in [0.1, 0.15) is 0 Å². The third-order valence-corrected chi connectivity index (χ3v) is 2.87.